The van der Waals surface area contributed by atoms with Gasteiger partial charge in [0.15, 0.2) is 5.50 Å². The van der Waals surface area contributed by atoms with E-state index in [1.807, 2.05) is 55.6 Å². The molecule has 5 rings (SSSR count). The lowest BCUT2D eigenvalue weighted by Crippen LogP contribution is -2.49. The first kappa shape index (κ1) is 23.3. The molecule has 1 amide bonds. The zero-order chi connectivity index (χ0) is 24.7. The minimum atomic E-state index is -0.532. The van der Waals surface area contributed by atoms with Gasteiger partial charge in [0.25, 0.3) is 5.91 Å². The fourth-order valence-electron chi connectivity index (χ4n) is 4.73. The van der Waals surface area contributed by atoms with Crippen LogP contribution in [0, 0.1) is 0 Å². The summed E-state index contributed by atoms with van der Waals surface area (Å²) in [5.41, 5.74) is 4.98. The highest BCUT2D eigenvalue weighted by Gasteiger charge is 2.47. The highest BCUT2D eigenvalue weighted by molar-refractivity contribution is 8.05. The average Bonchev–Trinajstić information content (AvgIpc) is 3.39. The van der Waals surface area contributed by atoms with Crippen LogP contribution in [0.1, 0.15) is 56.3 Å². The van der Waals surface area contributed by atoms with E-state index >= 15 is 0 Å². The number of aromatic nitrogens is 1. The number of aromatic amines is 1. The average molecular weight is 488 g/mol. The van der Waals surface area contributed by atoms with Gasteiger partial charge in [-0.2, -0.15) is 0 Å². The molecule has 2 atom stereocenters. The van der Waals surface area contributed by atoms with Crippen LogP contribution in [0.5, 0.6) is 0 Å². The van der Waals surface area contributed by atoms with Crippen LogP contribution in [0.15, 0.2) is 70.9 Å². The number of esters is 1. The summed E-state index contributed by atoms with van der Waals surface area (Å²) in [6.07, 6.45) is 3.86. The van der Waals surface area contributed by atoms with Crippen LogP contribution >= 0.6 is 11.8 Å². The fraction of sp³-hybridized carbons (Fsp3) is 0.286. The number of H-pyrrole nitrogens is 1. The van der Waals surface area contributed by atoms with E-state index in [1.165, 1.54) is 17.3 Å². The van der Waals surface area contributed by atoms with E-state index in [1.54, 1.807) is 11.8 Å². The second-order valence-electron chi connectivity index (χ2n) is 9.11. The van der Waals surface area contributed by atoms with E-state index < -0.39 is 12.0 Å². The number of thioether (sulfide) groups is 1. The number of carbonyl (C=O) groups excluding carboxylic acids is 2. The van der Waals surface area contributed by atoms with Crippen molar-refractivity contribution < 1.29 is 14.3 Å². The third kappa shape index (κ3) is 4.14. The number of allylic oxidation sites excluding steroid dienone is 1. The number of benzene rings is 2. The third-order valence-corrected chi connectivity index (χ3v) is 7.67. The van der Waals surface area contributed by atoms with Gasteiger partial charge in [0, 0.05) is 28.4 Å². The summed E-state index contributed by atoms with van der Waals surface area (Å²) in [5.74, 6) is -0.118. The number of para-hydroxylation sites is 1. The topological polar surface area (TPSA) is 74.4 Å². The van der Waals surface area contributed by atoms with Crippen molar-refractivity contribution in [1.82, 2.24) is 15.2 Å². The van der Waals surface area contributed by atoms with Crippen molar-refractivity contribution in [3.63, 3.8) is 0 Å². The SMILES string of the molecule is CCOC(=O)C1=C(C)N[C@@H]2S/C(=C\c3c[nH]c4ccccc34)C(=O)N2[C@H]1c1ccc(C(C)C)cc1. The molecule has 7 heteroatoms. The van der Waals surface area contributed by atoms with E-state index in [0.717, 1.165) is 27.7 Å². The van der Waals surface area contributed by atoms with Gasteiger partial charge in [0.1, 0.15) is 0 Å². The Balaban J connectivity index is 1.57. The number of ether oxygens (including phenoxy) is 1. The second kappa shape index (κ2) is 9.30. The summed E-state index contributed by atoms with van der Waals surface area (Å²) in [6, 6.07) is 15.7. The molecule has 6 nitrogen and oxygen atoms in total. The Kier molecular flexibility index (Phi) is 6.19. The molecule has 180 valence electrons. The molecule has 0 bridgehead atoms. The molecule has 35 heavy (non-hydrogen) atoms. The molecule has 2 aromatic carbocycles. The van der Waals surface area contributed by atoms with Crippen molar-refractivity contribution in [2.75, 3.05) is 6.61 Å². The Morgan fingerprint density at radius 3 is 2.63 bits per heavy atom. The molecular weight excluding hydrogens is 458 g/mol. The highest BCUT2D eigenvalue weighted by Crippen LogP contribution is 2.46. The van der Waals surface area contributed by atoms with Crippen LogP contribution in [0.25, 0.3) is 17.0 Å². The summed E-state index contributed by atoms with van der Waals surface area (Å²) in [4.78, 5) is 32.5. The van der Waals surface area contributed by atoms with Crippen molar-refractivity contribution in [1.29, 1.82) is 0 Å². The van der Waals surface area contributed by atoms with Gasteiger partial charge in [-0.15, -0.1) is 0 Å². The number of fused-ring (bicyclic) bond motifs is 2. The number of nitrogens with one attached hydrogen (secondary N) is 2. The zero-order valence-electron chi connectivity index (χ0n) is 20.3. The Morgan fingerprint density at radius 1 is 1.17 bits per heavy atom. The van der Waals surface area contributed by atoms with Gasteiger partial charge in [-0.1, -0.05) is 68.1 Å². The van der Waals surface area contributed by atoms with E-state index in [0.29, 0.717) is 16.4 Å². The molecule has 2 aliphatic heterocycles. The summed E-state index contributed by atoms with van der Waals surface area (Å²) in [5, 5.41) is 4.44. The maximum absolute atomic E-state index is 13.8. The van der Waals surface area contributed by atoms with E-state index in [2.05, 4.69) is 36.3 Å². The van der Waals surface area contributed by atoms with Gasteiger partial charge >= 0.3 is 5.97 Å². The minimum absolute atomic E-state index is 0.106. The van der Waals surface area contributed by atoms with Gasteiger partial charge in [0.2, 0.25) is 0 Å². The molecule has 1 saturated heterocycles. The normalized spacial score (nSPS) is 21.1. The second-order valence-corrected chi connectivity index (χ2v) is 10.2. The quantitative estimate of drug-likeness (QED) is 0.358. The molecule has 2 N–H and O–H groups in total. The van der Waals surface area contributed by atoms with Crippen LogP contribution in [0.3, 0.4) is 0 Å². The van der Waals surface area contributed by atoms with E-state index in [9.17, 15) is 9.59 Å². The van der Waals surface area contributed by atoms with Crippen molar-refractivity contribution in [2.45, 2.75) is 45.2 Å². The van der Waals surface area contributed by atoms with Gasteiger partial charge in [-0.05, 0) is 43.0 Å². The van der Waals surface area contributed by atoms with Crippen LogP contribution < -0.4 is 5.32 Å². The fourth-order valence-corrected chi connectivity index (χ4v) is 5.94. The molecule has 0 saturated carbocycles. The Morgan fingerprint density at radius 2 is 1.91 bits per heavy atom. The van der Waals surface area contributed by atoms with Crippen LogP contribution in [0.2, 0.25) is 0 Å². The molecular formula is C28H29N3O3S. The molecule has 0 radical (unpaired) electrons. The van der Waals surface area contributed by atoms with Crippen molar-refractivity contribution in [3.05, 3.63) is 87.6 Å². The molecule has 1 aromatic heterocycles. The summed E-state index contributed by atoms with van der Waals surface area (Å²) in [6.45, 7) is 8.23. The first-order valence-electron chi connectivity index (χ1n) is 11.9. The molecule has 3 heterocycles. The monoisotopic (exact) mass is 487 g/mol. The van der Waals surface area contributed by atoms with E-state index in [4.69, 9.17) is 4.74 Å². The van der Waals surface area contributed by atoms with Crippen molar-refractivity contribution in [3.8, 4) is 0 Å². The maximum atomic E-state index is 13.8. The zero-order valence-corrected chi connectivity index (χ0v) is 21.1. The number of amides is 1. The maximum Gasteiger partial charge on any atom is 0.338 e. The molecule has 3 aromatic rings. The predicted molar refractivity (Wildman–Crippen MR) is 140 cm³/mol. The first-order valence-corrected chi connectivity index (χ1v) is 12.8. The largest absolute Gasteiger partial charge is 0.463 e. The van der Waals surface area contributed by atoms with Gasteiger partial charge in [-0.3, -0.25) is 9.69 Å². The molecule has 0 aliphatic carbocycles. The molecule has 2 aliphatic rings. The Bertz CT molecular complexity index is 1350. The standard InChI is InChI=1S/C28H29N3O3S/c1-5-34-27(33)24-17(4)30-28-31(25(24)19-12-10-18(11-13-19)16(2)3)26(32)23(35-28)14-20-15-29-22-9-7-6-8-21(20)22/h6-16,25,28-30H,5H2,1-4H3/b23-14-/t25-,28-/m0/s1. The summed E-state index contributed by atoms with van der Waals surface area (Å²) < 4.78 is 5.41. The first-order chi connectivity index (χ1) is 16.9. The summed E-state index contributed by atoms with van der Waals surface area (Å²) >= 11 is 1.47. The lowest BCUT2D eigenvalue weighted by Gasteiger charge is -2.39. The van der Waals surface area contributed by atoms with E-state index in [-0.39, 0.29) is 18.0 Å². The van der Waals surface area contributed by atoms with Crippen molar-refractivity contribution in [2.24, 2.45) is 0 Å². The lowest BCUT2D eigenvalue weighted by molar-refractivity contribution is -0.140. The predicted octanol–water partition coefficient (Wildman–Crippen LogP) is 5.67. The number of nitrogens with zero attached hydrogens (tertiary/aromatic N) is 1. The van der Waals surface area contributed by atoms with Crippen LogP contribution in [0.4, 0.5) is 0 Å². The lowest BCUT2D eigenvalue weighted by atomic mass is 9.91. The highest BCUT2D eigenvalue weighted by atomic mass is 32.2. The molecule has 0 spiro atoms. The van der Waals surface area contributed by atoms with Gasteiger partial charge < -0.3 is 15.0 Å². The Labute approximate surface area is 209 Å². The van der Waals surface area contributed by atoms with Gasteiger partial charge in [0.05, 0.1) is 23.1 Å². The third-order valence-electron chi connectivity index (χ3n) is 6.55. The number of hydrogen-bond donors (Lipinski definition) is 2. The number of carbonyl (C=O) groups is 2. The van der Waals surface area contributed by atoms with Crippen LogP contribution in [-0.2, 0) is 14.3 Å². The van der Waals surface area contributed by atoms with Gasteiger partial charge in [-0.25, -0.2) is 4.79 Å². The molecule has 0 unspecified atom stereocenters. The van der Waals surface area contributed by atoms with Crippen molar-refractivity contribution >= 4 is 40.6 Å². The molecule has 1 fully saturated rings. The number of rotatable bonds is 5. The smallest absolute Gasteiger partial charge is 0.338 e. The number of hydrogen-bond acceptors (Lipinski definition) is 5. The minimum Gasteiger partial charge on any atom is -0.463 e. The summed E-state index contributed by atoms with van der Waals surface area (Å²) in [7, 11) is 0. The van der Waals surface area contributed by atoms with Crippen LogP contribution in [-0.4, -0.2) is 33.9 Å². The Hall–Kier alpha value is -3.45.